The van der Waals surface area contributed by atoms with E-state index in [1.54, 1.807) is 36.4 Å². The summed E-state index contributed by atoms with van der Waals surface area (Å²) in [6.07, 6.45) is 2.90. The van der Waals surface area contributed by atoms with Crippen molar-refractivity contribution in [2.45, 2.75) is 25.0 Å². The molecule has 3 heterocycles. The number of pyridine rings is 1. The van der Waals surface area contributed by atoms with E-state index in [1.807, 2.05) is 0 Å². The molecule has 0 saturated carbocycles. The summed E-state index contributed by atoms with van der Waals surface area (Å²) in [4.78, 5) is 17.8. The Morgan fingerprint density at radius 2 is 1.45 bits per heavy atom. The zero-order valence-corrected chi connectivity index (χ0v) is 25.1. The first-order chi connectivity index (χ1) is 20.4. The van der Waals surface area contributed by atoms with Crippen molar-refractivity contribution in [1.29, 1.82) is 0 Å². The molecule has 7 nitrogen and oxygen atoms in total. The van der Waals surface area contributed by atoms with Crippen molar-refractivity contribution < 1.29 is 27.4 Å². The number of ether oxygens (including phenoxy) is 2. The molecular formula is C32H31Cl2F3N4O3. The van der Waals surface area contributed by atoms with E-state index in [2.05, 4.69) is 20.9 Å². The van der Waals surface area contributed by atoms with Gasteiger partial charge in [-0.2, -0.15) is 0 Å². The third-order valence-corrected chi connectivity index (χ3v) is 7.34. The van der Waals surface area contributed by atoms with Gasteiger partial charge in [0.25, 0.3) is 5.91 Å². The van der Waals surface area contributed by atoms with E-state index < -0.39 is 17.5 Å². The van der Waals surface area contributed by atoms with Crippen LogP contribution < -0.4 is 25.4 Å². The van der Waals surface area contributed by atoms with Crippen molar-refractivity contribution >= 4 is 36.4 Å². The number of amides is 1. The van der Waals surface area contributed by atoms with Crippen molar-refractivity contribution in [3.8, 4) is 33.9 Å². The number of hydrogen-bond donors (Lipinski definition) is 3. The maximum Gasteiger partial charge on any atom is 0.257 e. The molecule has 1 amide bonds. The lowest BCUT2D eigenvalue weighted by molar-refractivity contribution is 0.102. The van der Waals surface area contributed by atoms with E-state index in [0.717, 1.165) is 50.2 Å². The molecule has 4 aromatic rings. The van der Waals surface area contributed by atoms with E-state index >= 15 is 0 Å². The molecule has 12 heteroatoms. The van der Waals surface area contributed by atoms with Crippen molar-refractivity contribution in [2.24, 2.45) is 0 Å². The number of carbonyl (C=O) groups excluding carboxylic acids is 1. The van der Waals surface area contributed by atoms with Gasteiger partial charge >= 0.3 is 0 Å². The smallest absolute Gasteiger partial charge is 0.257 e. The fourth-order valence-corrected chi connectivity index (χ4v) is 5.10. The number of benzene rings is 3. The lowest BCUT2D eigenvalue weighted by Crippen LogP contribution is -2.21. The zero-order valence-electron chi connectivity index (χ0n) is 23.4. The number of halogens is 5. The van der Waals surface area contributed by atoms with Crippen LogP contribution in [0.3, 0.4) is 0 Å². The van der Waals surface area contributed by atoms with E-state index in [-0.39, 0.29) is 54.3 Å². The predicted molar refractivity (Wildman–Crippen MR) is 168 cm³/mol. The predicted octanol–water partition coefficient (Wildman–Crippen LogP) is 6.41. The molecular weight excluding hydrogens is 616 g/mol. The van der Waals surface area contributed by atoms with E-state index in [0.29, 0.717) is 34.7 Å². The molecule has 2 fully saturated rings. The van der Waals surface area contributed by atoms with Crippen LogP contribution in [0.4, 0.5) is 18.9 Å². The van der Waals surface area contributed by atoms with Gasteiger partial charge in [-0.15, -0.1) is 24.8 Å². The first kappa shape index (κ1) is 33.1. The van der Waals surface area contributed by atoms with Gasteiger partial charge in [0.05, 0.1) is 5.56 Å². The molecule has 2 aliphatic heterocycles. The average molecular weight is 648 g/mol. The van der Waals surface area contributed by atoms with Crippen LogP contribution in [0.5, 0.6) is 11.6 Å². The molecule has 3 N–H and O–H groups in total. The summed E-state index contributed by atoms with van der Waals surface area (Å²) in [5, 5.41) is 9.37. The van der Waals surface area contributed by atoms with Crippen LogP contribution in [0.2, 0.25) is 0 Å². The molecule has 44 heavy (non-hydrogen) atoms. The van der Waals surface area contributed by atoms with Crippen molar-refractivity contribution in [3.05, 3.63) is 95.9 Å². The highest BCUT2D eigenvalue weighted by atomic mass is 35.5. The molecule has 0 aliphatic carbocycles. The lowest BCUT2D eigenvalue weighted by Gasteiger charge is -2.18. The Labute approximate surface area is 265 Å². The number of hydrogen-bond acceptors (Lipinski definition) is 6. The Morgan fingerprint density at radius 1 is 0.773 bits per heavy atom. The van der Waals surface area contributed by atoms with Gasteiger partial charge in [-0.3, -0.25) is 4.79 Å². The Kier molecular flexibility index (Phi) is 11.1. The highest BCUT2D eigenvalue weighted by Crippen LogP contribution is 2.35. The minimum Gasteiger partial charge on any atom is -0.488 e. The SMILES string of the molecule is Cl.Cl.O=C(Nc1ccc(O[C@H]2CCNC2)c(-c2ccc(F)cc2)c1)c1cnc(O[C@H]2CCNC2)c(-c2ccc(F)c(F)c2)c1. The number of rotatable bonds is 8. The number of anilines is 1. The van der Waals surface area contributed by atoms with E-state index in [9.17, 15) is 18.0 Å². The Bertz CT molecular complexity index is 1600. The highest BCUT2D eigenvalue weighted by molar-refractivity contribution is 6.05. The maximum absolute atomic E-state index is 14.1. The molecule has 3 aromatic carbocycles. The second kappa shape index (κ2) is 14.8. The van der Waals surface area contributed by atoms with Crippen LogP contribution in [0.15, 0.2) is 72.9 Å². The van der Waals surface area contributed by atoms with Crippen LogP contribution >= 0.6 is 24.8 Å². The summed E-state index contributed by atoms with van der Waals surface area (Å²) < 4.78 is 53.8. The molecule has 0 spiro atoms. The Morgan fingerprint density at radius 3 is 2.11 bits per heavy atom. The normalized spacial score (nSPS) is 17.3. The summed E-state index contributed by atoms with van der Waals surface area (Å²) >= 11 is 0. The summed E-state index contributed by atoms with van der Waals surface area (Å²) in [7, 11) is 0. The standard InChI is InChI=1S/C32H29F3N4O3.2ClH/c33-22-4-1-19(2-5-22)26-15-23(6-8-30(26)41-24-9-11-36-17-24)39-31(40)21-13-27(20-3-7-28(34)29(35)14-20)32(38-16-21)42-25-10-12-37-18-25;;/h1-8,13-16,24-25,36-37H,9-12,17-18H2,(H,39,40);2*1H/t24-,25-;;/m0../s1. The number of carbonyl (C=O) groups is 1. The Hall–Kier alpha value is -3.83. The second-order valence-electron chi connectivity index (χ2n) is 10.3. The monoisotopic (exact) mass is 646 g/mol. The van der Waals surface area contributed by atoms with Crippen LogP contribution in [-0.4, -0.2) is 49.3 Å². The van der Waals surface area contributed by atoms with Gasteiger partial charge < -0.3 is 25.4 Å². The molecule has 0 bridgehead atoms. The van der Waals surface area contributed by atoms with E-state index in [4.69, 9.17) is 9.47 Å². The maximum atomic E-state index is 14.1. The van der Waals surface area contributed by atoms with E-state index in [1.165, 1.54) is 24.4 Å². The quantitative estimate of drug-likeness (QED) is 0.205. The molecule has 2 aliphatic rings. The van der Waals surface area contributed by atoms with Crippen molar-refractivity contribution in [3.63, 3.8) is 0 Å². The van der Waals surface area contributed by atoms with Gasteiger partial charge in [0.1, 0.15) is 23.8 Å². The van der Waals surface area contributed by atoms with Crippen LogP contribution in [0.1, 0.15) is 23.2 Å². The largest absolute Gasteiger partial charge is 0.488 e. The zero-order chi connectivity index (χ0) is 29.1. The van der Waals surface area contributed by atoms with Gasteiger partial charge in [0, 0.05) is 36.1 Å². The lowest BCUT2D eigenvalue weighted by atomic mass is 10.0. The van der Waals surface area contributed by atoms with Crippen molar-refractivity contribution in [1.82, 2.24) is 15.6 Å². The van der Waals surface area contributed by atoms with Gasteiger partial charge in [-0.25, -0.2) is 18.2 Å². The van der Waals surface area contributed by atoms with Crippen LogP contribution in [0, 0.1) is 17.5 Å². The van der Waals surface area contributed by atoms with Gasteiger partial charge in [-0.05, 0) is 85.6 Å². The molecule has 2 saturated heterocycles. The summed E-state index contributed by atoms with van der Waals surface area (Å²) in [5.74, 6) is -1.95. The Balaban J connectivity index is 0.00000221. The second-order valence-corrected chi connectivity index (χ2v) is 10.3. The first-order valence-electron chi connectivity index (χ1n) is 13.8. The van der Waals surface area contributed by atoms with Crippen molar-refractivity contribution in [2.75, 3.05) is 31.5 Å². The third kappa shape index (κ3) is 7.62. The fourth-order valence-electron chi connectivity index (χ4n) is 5.10. The number of nitrogens with zero attached hydrogens (tertiary/aromatic N) is 1. The number of aromatic nitrogens is 1. The van der Waals surface area contributed by atoms with Crippen LogP contribution in [0.25, 0.3) is 22.3 Å². The fraction of sp³-hybridized carbons (Fsp3) is 0.250. The van der Waals surface area contributed by atoms with Crippen LogP contribution in [-0.2, 0) is 0 Å². The summed E-state index contributed by atoms with van der Waals surface area (Å²) in [5.41, 5.74) is 2.83. The summed E-state index contributed by atoms with van der Waals surface area (Å²) in [6, 6.07) is 16.4. The molecule has 0 unspecified atom stereocenters. The first-order valence-corrected chi connectivity index (χ1v) is 13.8. The molecule has 6 rings (SSSR count). The minimum atomic E-state index is -1.01. The third-order valence-electron chi connectivity index (χ3n) is 7.34. The molecule has 0 radical (unpaired) electrons. The minimum absolute atomic E-state index is 0. The molecule has 1 aromatic heterocycles. The molecule has 2 atom stereocenters. The van der Waals surface area contributed by atoms with Gasteiger partial charge in [0.15, 0.2) is 11.6 Å². The van der Waals surface area contributed by atoms with Gasteiger partial charge in [0.2, 0.25) is 5.88 Å². The molecule has 232 valence electrons. The number of nitrogens with one attached hydrogen (secondary N) is 3. The topological polar surface area (TPSA) is 84.5 Å². The summed E-state index contributed by atoms with van der Waals surface area (Å²) in [6.45, 7) is 3.03. The van der Waals surface area contributed by atoms with Gasteiger partial charge in [-0.1, -0.05) is 18.2 Å². The highest BCUT2D eigenvalue weighted by Gasteiger charge is 2.22. The average Bonchev–Trinajstić information content (AvgIpc) is 3.71.